The highest BCUT2D eigenvalue weighted by Gasteiger charge is 2.11. The number of nitrogens with one attached hydrogen (secondary N) is 1. The highest BCUT2D eigenvalue weighted by molar-refractivity contribution is 5.46. The Morgan fingerprint density at radius 2 is 2.00 bits per heavy atom. The summed E-state index contributed by atoms with van der Waals surface area (Å²) >= 11 is 0. The van der Waals surface area contributed by atoms with E-state index in [9.17, 15) is 0 Å². The molecule has 1 N–H and O–H groups in total. The second kappa shape index (κ2) is 7.69. The smallest absolute Gasteiger partial charge is 0.161 e. The molecule has 4 heteroatoms. The first-order valence-electron chi connectivity index (χ1n) is 7.65. The van der Waals surface area contributed by atoms with Crippen molar-refractivity contribution in [1.29, 1.82) is 0 Å². The van der Waals surface area contributed by atoms with Crippen LogP contribution in [0.3, 0.4) is 0 Å². The van der Waals surface area contributed by atoms with E-state index in [-0.39, 0.29) is 6.04 Å². The Morgan fingerprint density at radius 3 is 2.68 bits per heavy atom. The first-order valence-corrected chi connectivity index (χ1v) is 7.65. The van der Waals surface area contributed by atoms with E-state index in [1.54, 1.807) is 7.11 Å². The summed E-state index contributed by atoms with van der Waals surface area (Å²) in [5.41, 5.74) is 2.13. The largest absolute Gasteiger partial charge is 0.493 e. The molecule has 0 aliphatic carbocycles. The van der Waals surface area contributed by atoms with E-state index in [1.807, 2.05) is 37.3 Å². The maximum Gasteiger partial charge on any atom is 0.161 e. The average molecular weight is 300 g/mol. The molecule has 0 saturated heterocycles. The molecule has 0 spiro atoms. The first-order chi connectivity index (χ1) is 10.6. The minimum absolute atomic E-state index is 0.128. The van der Waals surface area contributed by atoms with Gasteiger partial charge >= 0.3 is 0 Å². The fourth-order valence-electron chi connectivity index (χ4n) is 2.21. The van der Waals surface area contributed by atoms with Crippen LogP contribution in [0.2, 0.25) is 0 Å². The topological polar surface area (TPSA) is 43.4 Å². The molecule has 0 aliphatic heterocycles. The molecule has 22 heavy (non-hydrogen) atoms. The number of aryl methyl sites for hydroxylation is 1. The van der Waals surface area contributed by atoms with E-state index in [0.717, 1.165) is 35.0 Å². The van der Waals surface area contributed by atoms with Crippen LogP contribution in [-0.4, -0.2) is 18.7 Å². The summed E-state index contributed by atoms with van der Waals surface area (Å²) in [7, 11) is 1.66. The van der Waals surface area contributed by atoms with Gasteiger partial charge in [0.25, 0.3) is 0 Å². The third kappa shape index (κ3) is 4.13. The van der Waals surface area contributed by atoms with Crippen LogP contribution < -0.4 is 14.8 Å². The monoisotopic (exact) mass is 300 g/mol. The second-order valence-corrected chi connectivity index (χ2v) is 5.29. The Balaban J connectivity index is 2.13. The number of hydrogen-bond acceptors (Lipinski definition) is 4. The Bertz CT molecular complexity index is 614. The molecular formula is C18H24N2O2. The van der Waals surface area contributed by atoms with Crippen LogP contribution in [0.5, 0.6) is 11.5 Å². The number of anilines is 1. The molecule has 1 aromatic heterocycles. The van der Waals surface area contributed by atoms with Gasteiger partial charge in [0.15, 0.2) is 11.5 Å². The third-order valence-electron chi connectivity index (χ3n) is 3.40. The van der Waals surface area contributed by atoms with Gasteiger partial charge in [-0.3, -0.25) is 0 Å². The zero-order chi connectivity index (χ0) is 15.9. The lowest BCUT2D eigenvalue weighted by Gasteiger charge is -2.17. The Labute approximate surface area is 132 Å². The number of pyridine rings is 1. The van der Waals surface area contributed by atoms with Gasteiger partial charge in [0.05, 0.1) is 19.8 Å². The van der Waals surface area contributed by atoms with Crippen molar-refractivity contribution in [1.82, 2.24) is 4.98 Å². The van der Waals surface area contributed by atoms with Crippen LogP contribution in [-0.2, 0) is 0 Å². The molecule has 1 atom stereocenters. The summed E-state index contributed by atoms with van der Waals surface area (Å²) in [6, 6.07) is 12.1. The minimum Gasteiger partial charge on any atom is -0.493 e. The number of nitrogens with zero attached hydrogens (tertiary/aromatic N) is 1. The SMILES string of the molecule is CCCOc1ccc(C(C)Nc2cccc(C)n2)cc1OC. The molecule has 0 bridgehead atoms. The minimum atomic E-state index is 0.128. The van der Waals surface area contributed by atoms with Crippen molar-refractivity contribution in [3.63, 3.8) is 0 Å². The summed E-state index contributed by atoms with van der Waals surface area (Å²) in [6.45, 7) is 6.86. The van der Waals surface area contributed by atoms with Gasteiger partial charge in [-0.15, -0.1) is 0 Å². The Morgan fingerprint density at radius 1 is 1.18 bits per heavy atom. The van der Waals surface area contributed by atoms with Crippen LogP contribution in [0, 0.1) is 6.92 Å². The number of aromatic nitrogens is 1. The number of methoxy groups -OCH3 is 1. The molecule has 0 amide bonds. The van der Waals surface area contributed by atoms with Crippen LogP contribution >= 0.6 is 0 Å². The summed E-state index contributed by atoms with van der Waals surface area (Å²) in [6.07, 6.45) is 0.974. The van der Waals surface area contributed by atoms with Crippen LogP contribution in [0.1, 0.15) is 37.6 Å². The summed E-state index contributed by atoms with van der Waals surface area (Å²) in [4.78, 5) is 4.47. The lowest BCUT2D eigenvalue weighted by Crippen LogP contribution is -2.08. The highest BCUT2D eigenvalue weighted by atomic mass is 16.5. The maximum absolute atomic E-state index is 5.69. The van der Waals surface area contributed by atoms with Crippen molar-refractivity contribution in [2.75, 3.05) is 19.0 Å². The molecule has 2 aromatic rings. The van der Waals surface area contributed by atoms with Crippen molar-refractivity contribution in [3.05, 3.63) is 47.7 Å². The fraction of sp³-hybridized carbons (Fsp3) is 0.389. The van der Waals surface area contributed by atoms with E-state index < -0.39 is 0 Å². The van der Waals surface area contributed by atoms with Crippen molar-refractivity contribution < 1.29 is 9.47 Å². The van der Waals surface area contributed by atoms with Gasteiger partial charge in [-0.25, -0.2) is 4.98 Å². The molecule has 0 saturated carbocycles. The van der Waals surface area contributed by atoms with E-state index in [2.05, 4.69) is 30.2 Å². The van der Waals surface area contributed by atoms with Gasteiger partial charge < -0.3 is 14.8 Å². The highest BCUT2D eigenvalue weighted by Crippen LogP contribution is 2.31. The van der Waals surface area contributed by atoms with Crippen molar-refractivity contribution in [3.8, 4) is 11.5 Å². The third-order valence-corrected chi connectivity index (χ3v) is 3.40. The maximum atomic E-state index is 5.69. The molecule has 118 valence electrons. The zero-order valence-electron chi connectivity index (χ0n) is 13.7. The number of benzene rings is 1. The number of ether oxygens (including phenoxy) is 2. The molecule has 4 nitrogen and oxygen atoms in total. The summed E-state index contributed by atoms with van der Waals surface area (Å²) < 4.78 is 11.1. The lowest BCUT2D eigenvalue weighted by molar-refractivity contribution is 0.294. The fourth-order valence-corrected chi connectivity index (χ4v) is 2.21. The molecule has 0 aliphatic rings. The quantitative estimate of drug-likeness (QED) is 0.825. The van der Waals surface area contributed by atoms with Crippen LogP contribution in [0.25, 0.3) is 0 Å². The molecule has 1 aromatic carbocycles. The van der Waals surface area contributed by atoms with E-state index in [4.69, 9.17) is 9.47 Å². The predicted molar refractivity (Wildman–Crippen MR) is 89.8 cm³/mol. The predicted octanol–water partition coefficient (Wildman–Crippen LogP) is 4.36. The zero-order valence-corrected chi connectivity index (χ0v) is 13.7. The van der Waals surface area contributed by atoms with Crippen LogP contribution in [0.15, 0.2) is 36.4 Å². The van der Waals surface area contributed by atoms with Gasteiger partial charge in [0, 0.05) is 5.69 Å². The normalized spacial score (nSPS) is 11.8. The van der Waals surface area contributed by atoms with Crippen LogP contribution in [0.4, 0.5) is 5.82 Å². The molecule has 0 radical (unpaired) electrons. The van der Waals surface area contributed by atoms with Gasteiger partial charge in [0.2, 0.25) is 0 Å². The Hall–Kier alpha value is -2.23. The second-order valence-electron chi connectivity index (χ2n) is 5.29. The van der Waals surface area contributed by atoms with Gasteiger partial charge in [-0.1, -0.05) is 19.1 Å². The first kappa shape index (κ1) is 16.1. The molecule has 1 heterocycles. The van der Waals surface area contributed by atoms with E-state index >= 15 is 0 Å². The summed E-state index contributed by atoms with van der Waals surface area (Å²) in [5.74, 6) is 2.42. The molecule has 1 unspecified atom stereocenters. The number of hydrogen-bond donors (Lipinski definition) is 1. The van der Waals surface area contributed by atoms with Gasteiger partial charge in [0.1, 0.15) is 5.82 Å². The van der Waals surface area contributed by atoms with Crippen molar-refractivity contribution in [2.45, 2.75) is 33.2 Å². The van der Waals surface area contributed by atoms with Gasteiger partial charge in [-0.05, 0) is 50.1 Å². The number of rotatable bonds is 7. The average Bonchev–Trinajstić information content (AvgIpc) is 2.52. The van der Waals surface area contributed by atoms with Crippen molar-refractivity contribution in [2.24, 2.45) is 0 Å². The lowest BCUT2D eigenvalue weighted by atomic mass is 10.1. The Kier molecular flexibility index (Phi) is 5.64. The summed E-state index contributed by atoms with van der Waals surface area (Å²) in [5, 5.41) is 3.41. The standard InChI is InChI=1S/C18H24N2O2/c1-5-11-22-16-10-9-15(12-17(16)21-4)14(3)20-18-8-6-7-13(2)19-18/h6-10,12,14H,5,11H2,1-4H3,(H,19,20). The molecule has 2 rings (SSSR count). The van der Waals surface area contributed by atoms with E-state index in [1.165, 1.54) is 0 Å². The van der Waals surface area contributed by atoms with Gasteiger partial charge in [-0.2, -0.15) is 0 Å². The molecular weight excluding hydrogens is 276 g/mol. The molecule has 0 fully saturated rings. The van der Waals surface area contributed by atoms with Crippen molar-refractivity contribution >= 4 is 5.82 Å². The van der Waals surface area contributed by atoms with E-state index in [0.29, 0.717) is 6.61 Å².